The van der Waals surface area contributed by atoms with Crippen LogP contribution in [0.15, 0.2) is 30.4 Å². The summed E-state index contributed by atoms with van der Waals surface area (Å²) in [6.07, 6.45) is 8.86. The van der Waals surface area contributed by atoms with Crippen LogP contribution in [0, 0.1) is 17.3 Å². The number of anilines is 1. The summed E-state index contributed by atoms with van der Waals surface area (Å²) in [4.78, 5) is 12.9. The molecule has 0 heterocycles. The van der Waals surface area contributed by atoms with E-state index in [1.807, 2.05) is 18.2 Å². The molecule has 0 aromatic heterocycles. The van der Waals surface area contributed by atoms with E-state index < -0.39 is 0 Å². The van der Waals surface area contributed by atoms with Crippen LogP contribution >= 0.6 is 0 Å². The summed E-state index contributed by atoms with van der Waals surface area (Å²) in [5.74, 6) is 1.51. The summed E-state index contributed by atoms with van der Waals surface area (Å²) in [5, 5.41) is 0. The molecule has 2 bridgehead atoms. The van der Waals surface area contributed by atoms with Crippen LogP contribution in [0.1, 0.15) is 35.2 Å². The number of rotatable bonds is 0. The van der Waals surface area contributed by atoms with E-state index in [2.05, 4.69) is 12.2 Å². The first-order valence-corrected chi connectivity index (χ1v) is 6.80. The average molecular weight is 239 g/mol. The average Bonchev–Trinajstić information content (AvgIpc) is 2.95. The molecule has 3 aliphatic rings. The number of nitrogens with two attached hydrogens (primary N) is 1. The van der Waals surface area contributed by atoms with E-state index in [0.29, 0.717) is 17.6 Å². The fraction of sp³-hybridized carbons (Fsp3) is 0.438. The van der Waals surface area contributed by atoms with Crippen molar-refractivity contribution in [2.75, 3.05) is 5.73 Å². The van der Waals surface area contributed by atoms with E-state index in [0.717, 1.165) is 36.1 Å². The van der Waals surface area contributed by atoms with Gasteiger partial charge >= 0.3 is 0 Å². The van der Waals surface area contributed by atoms with Gasteiger partial charge in [0.15, 0.2) is 5.78 Å². The molecule has 3 unspecified atom stereocenters. The molecule has 3 aliphatic carbocycles. The smallest absolute Gasteiger partial charge is 0.169 e. The second-order valence-electron chi connectivity index (χ2n) is 6.09. The van der Waals surface area contributed by atoms with Gasteiger partial charge < -0.3 is 5.73 Å². The minimum Gasteiger partial charge on any atom is -0.399 e. The third kappa shape index (κ3) is 1.16. The molecule has 2 heteroatoms. The van der Waals surface area contributed by atoms with Gasteiger partial charge in [0.05, 0.1) is 0 Å². The predicted molar refractivity (Wildman–Crippen MR) is 71.3 cm³/mol. The van der Waals surface area contributed by atoms with Crippen LogP contribution in [0.4, 0.5) is 5.69 Å². The Morgan fingerprint density at radius 1 is 1.28 bits per heavy atom. The fourth-order valence-electron chi connectivity index (χ4n) is 4.28. The molecule has 0 saturated heterocycles. The van der Waals surface area contributed by atoms with E-state index in [-0.39, 0.29) is 5.41 Å². The van der Waals surface area contributed by atoms with E-state index in [9.17, 15) is 4.79 Å². The summed E-state index contributed by atoms with van der Waals surface area (Å²) in [6, 6.07) is 5.77. The summed E-state index contributed by atoms with van der Waals surface area (Å²) >= 11 is 0. The lowest BCUT2D eigenvalue weighted by molar-refractivity contribution is 0.0702. The number of Topliss-reactive ketones (excluding diaryl/α,β-unsaturated/α-hetero) is 1. The van der Waals surface area contributed by atoms with Crippen LogP contribution < -0.4 is 5.73 Å². The quantitative estimate of drug-likeness (QED) is 0.558. The number of carbonyl (C=O) groups is 1. The van der Waals surface area contributed by atoms with Gasteiger partial charge in [-0.3, -0.25) is 4.79 Å². The van der Waals surface area contributed by atoms with Gasteiger partial charge in [-0.15, -0.1) is 0 Å². The number of fused-ring (bicyclic) bond motifs is 4. The van der Waals surface area contributed by atoms with Gasteiger partial charge in [-0.1, -0.05) is 12.2 Å². The zero-order chi connectivity index (χ0) is 12.3. The number of allylic oxidation sites excluding steroid dienone is 2. The standard InChI is InChI=1S/C16H17NO/c17-13-3-4-14-11(8-13)5-6-16(15(14)18)9-10-1-2-12(16)7-10/h1-4,8,10,12H,5-7,9,17H2. The van der Waals surface area contributed by atoms with Crippen molar-refractivity contribution in [3.8, 4) is 0 Å². The van der Waals surface area contributed by atoms with Gasteiger partial charge in [0, 0.05) is 16.7 Å². The molecule has 0 amide bonds. The SMILES string of the molecule is Nc1ccc2c(c1)CCC1(CC3C=CC1C3)C2=O. The highest BCUT2D eigenvalue weighted by Crippen LogP contribution is 2.57. The minimum absolute atomic E-state index is 0.0808. The highest BCUT2D eigenvalue weighted by atomic mass is 16.1. The monoisotopic (exact) mass is 239 g/mol. The lowest BCUT2D eigenvalue weighted by Gasteiger charge is -2.38. The zero-order valence-electron chi connectivity index (χ0n) is 10.4. The second-order valence-corrected chi connectivity index (χ2v) is 6.09. The summed E-state index contributed by atoms with van der Waals surface area (Å²) in [6.45, 7) is 0. The van der Waals surface area contributed by atoms with E-state index >= 15 is 0 Å². The van der Waals surface area contributed by atoms with Crippen LogP contribution in [-0.2, 0) is 6.42 Å². The molecular weight excluding hydrogens is 222 g/mol. The number of nitrogen functional groups attached to an aromatic ring is 1. The molecule has 0 radical (unpaired) electrons. The molecule has 1 fully saturated rings. The first kappa shape index (κ1) is 10.4. The van der Waals surface area contributed by atoms with Crippen molar-refractivity contribution in [2.45, 2.75) is 25.7 Å². The number of hydrogen-bond acceptors (Lipinski definition) is 2. The Balaban J connectivity index is 1.81. The molecule has 4 rings (SSSR count). The maximum Gasteiger partial charge on any atom is 0.169 e. The third-order valence-electron chi connectivity index (χ3n) is 5.18. The van der Waals surface area contributed by atoms with Crippen LogP contribution in [0.3, 0.4) is 0 Å². The molecule has 1 aromatic rings. The van der Waals surface area contributed by atoms with Crippen molar-refractivity contribution in [1.29, 1.82) is 0 Å². The highest BCUT2D eigenvalue weighted by molar-refractivity contribution is 6.03. The topological polar surface area (TPSA) is 43.1 Å². The lowest BCUT2D eigenvalue weighted by atomic mass is 9.63. The molecular formula is C16H17NO. The summed E-state index contributed by atoms with van der Waals surface area (Å²) in [5.41, 5.74) is 8.58. The second kappa shape index (κ2) is 3.25. The maximum absolute atomic E-state index is 12.9. The van der Waals surface area contributed by atoms with Crippen molar-refractivity contribution >= 4 is 11.5 Å². The molecule has 2 N–H and O–H groups in total. The molecule has 1 saturated carbocycles. The molecule has 1 spiro atoms. The van der Waals surface area contributed by atoms with Crippen LogP contribution in [-0.4, -0.2) is 5.78 Å². The zero-order valence-corrected chi connectivity index (χ0v) is 10.4. The molecule has 1 aromatic carbocycles. The van der Waals surface area contributed by atoms with Gasteiger partial charge in [-0.25, -0.2) is 0 Å². The van der Waals surface area contributed by atoms with E-state index in [1.54, 1.807) is 0 Å². The van der Waals surface area contributed by atoms with Gasteiger partial charge in [0.25, 0.3) is 0 Å². The molecule has 18 heavy (non-hydrogen) atoms. The van der Waals surface area contributed by atoms with Gasteiger partial charge in [0.1, 0.15) is 0 Å². The van der Waals surface area contributed by atoms with Crippen LogP contribution in [0.5, 0.6) is 0 Å². The predicted octanol–water partition coefficient (Wildman–Crippen LogP) is 2.98. The number of benzene rings is 1. The number of ketones is 1. The Kier molecular flexibility index (Phi) is 1.87. The van der Waals surface area contributed by atoms with Crippen LogP contribution in [0.25, 0.3) is 0 Å². The Morgan fingerprint density at radius 2 is 2.17 bits per heavy atom. The summed E-state index contributed by atoms with van der Waals surface area (Å²) < 4.78 is 0. The van der Waals surface area contributed by atoms with Gasteiger partial charge in [0.2, 0.25) is 0 Å². The molecule has 3 atom stereocenters. The van der Waals surface area contributed by atoms with Crippen molar-refractivity contribution in [3.63, 3.8) is 0 Å². The minimum atomic E-state index is -0.0808. The van der Waals surface area contributed by atoms with E-state index in [4.69, 9.17) is 5.73 Å². The molecule has 92 valence electrons. The largest absolute Gasteiger partial charge is 0.399 e. The lowest BCUT2D eigenvalue weighted by Crippen LogP contribution is -2.39. The number of carbonyl (C=O) groups excluding carboxylic acids is 1. The maximum atomic E-state index is 12.9. The van der Waals surface area contributed by atoms with Crippen molar-refractivity contribution < 1.29 is 4.79 Å². The Labute approximate surface area is 107 Å². The summed E-state index contributed by atoms with van der Waals surface area (Å²) in [7, 11) is 0. The fourth-order valence-corrected chi connectivity index (χ4v) is 4.28. The van der Waals surface area contributed by atoms with E-state index in [1.165, 1.54) is 6.42 Å². The van der Waals surface area contributed by atoms with Crippen molar-refractivity contribution in [2.24, 2.45) is 17.3 Å². The van der Waals surface area contributed by atoms with Crippen LogP contribution in [0.2, 0.25) is 0 Å². The highest BCUT2D eigenvalue weighted by Gasteiger charge is 2.54. The third-order valence-corrected chi connectivity index (χ3v) is 5.18. The Hall–Kier alpha value is -1.57. The molecule has 0 aliphatic heterocycles. The van der Waals surface area contributed by atoms with Gasteiger partial charge in [-0.2, -0.15) is 0 Å². The van der Waals surface area contributed by atoms with Gasteiger partial charge in [-0.05, 0) is 61.3 Å². The molecule has 2 nitrogen and oxygen atoms in total. The Bertz CT molecular complexity index is 574. The van der Waals surface area contributed by atoms with Crippen molar-refractivity contribution in [3.05, 3.63) is 41.5 Å². The number of hydrogen-bond donors (Lipinski definition) is 1. The van der Waals surface area contributed by atoms with Crippen molar-refractivity contribution in [1.82, 2.24) is 0 Å². The first-order chi connectivity index (χ1) is 8.69. The Morgan fingerprint density at radius 3 is 2.89 bits per heavy atom. The first-order valence-electron chi connectivity index (χ1n) is 6.80. The number of aryl methyl sites for hydroxylation is 1. The normalized spacial score (nSPS) is 36.3.